The maximum Gasteiger partial charge on any atom is 0.302 e. The van der Waals surface area contributed by atoms with Gasteiger partial charge >= 0.3 is 5.97 Å². The fraction of sp³-hybridized carbons (Fsp3) is 0.800. The van der Waals surface area contributed by atoms with Crippen molar-refractivity contribution in [3.8, 4) is 0 Å². The predicted octanol–water partition coefficient (Wildman–Crippen LogP) is 6.07. The molecule has 0 saturated heterocycles. The highest BCUT2D eigenvalue weighted by Gasteiger charge is 2.24. The third kappa shape index (κ3) is 13.7. The molecule has 1 saturated carbocycles. The van der Waals surface area contributed by atoms with Gasteiger partial charge in [-0.2, -0.15) is 0 Å². The quantitative estimate of drug-likeness (QED) is 0.141. The summed E-state index contributed by atoms with van der Waals surface area (Å²) in [6, 6.07) is 0. The molecule has 1 aliphatic rings. The minimum atomic E-state index is -1.92. The molecule has 2 N–H and O–H groups in total. The number of aliphatic hydroxyl groups is 2. The maximum atomic E-state index is 10.7. The Morgan fingerprint density at radius 1 is 1.00 bits per heavy atom. The summed E-state index contributed by atoms with van der Waals surface area (Å²) in [4.78, 5) is 10.7. The van der Waals surface area contributed by atoms with E-state index in [-0.39, 0.29) is 13.0 Å². The van der Waals surface area contributed by atoms with Crippen LogP contribution in [0, 0.1) is 11.8 Å². The highest BCUT2D eigenvalue weighted by molar-refractivity contribution is 5.65. The summed E-state index contributed by atoms with van der Waals surface area (Å²) in [6.45, 7) is 3.17. The molecular formula is C25H44O4. The Labute approximate surface area is 178 Å². The van der Waals surface area contributed by atoms with E-state index in [0.29, 0.717) is 6.42 Å². The first kappa shape index (κ1) is 25.9. The molecule has 2 atom stereocenters. The Kier molecular flexibility index (Phi) is 14.0. The van der Waals surface area contributed by atoms with E-state index in [1.807, 2.05) is 0 Å². The standard InChI is InChI=1S/C25H44O4/c1-3-4-5-6-7-8-9-12-16-23-18-15-19-24(23)17-13-10-11-14-20-25(27,28)21-29-22(2)26/h10,12-13,16,23-24,27-28H,3-9,11,14-15,17-21H2,1-2H3/b13-10-,16-12+/t23-,24-/m0/s1. The van der Waals surface area contributed by atoms with Crippen molar-refractivity contribution in [2.45, 2.75) is 110 Å². The van der Waals surface area contributed by atoms with Crippen molar-refractivity contribution in [1.82, 2.24) is 0 Å². The van der Waals surface area contributed by atoms with Crippen LogP contribution < -0.4 is 0 Å². The van der Waals surface area contributed by atoms with E-state index in [9.17, 15) is 15.0 Å². The molecule has 1 rings (SSSR count). The number of hydrogen-bond donors (Lipinski definition) is 2. The van der Waals surface area contributed by atoms with E-state index < -0.39 is 11.8 Å². The Morgan fingerprint density at radius 3 is 2.48 bits per heavy atom. The summed E-state index contributed by atoms with van der Waals surface area (Å²) in [5.41, 5.74) is 0. The van der Waals surface area contributed by atoms with Crippen molar-refractivity contribution in [2.75, 3.05) is 6.61 Å². The zero-order chi connectivity index (χ0) is 21.4. The van der Waals surface area contributed by atoms with E-state index >= 15 is 0 Å². The Morgan fingerprint density at radius 2 is 1.72 bits per heavy atom. The summed E-state index contributed by atoms with van der Waals surface area (Å²) in [7, 11) is 0. The van der Waals surface area contributed by atoms with Gasteiger partial charge in [-0.05, 0) is 56.8 Å². The summed E-state index contributed by atoms with van der Waals surface area (Å²) in [5.74, 6) is -0.932. The molecule has 0 aliphatic heterocycles. The number of carbonyl (C=O) groups excluding carboxylic acids is 1. The zero-order valence-corrected chi connectivity index (χ0v) is 18.8. The monoisotopic (exact) mass is 408 g/mol. The van der Waals surface area contributed by atoms with Crippen LogP contribution >= 0.6 is 0 Å². The molecule has 0 bridgehead atoms. The van der Waals surface area contributed by atoms with E-state index in [2.05, 4.69) is 36.0 Å². The highest BCUT2D eigenvalue weighted by Crippen LogP contribution is 2.35. The van der Waals surface area contributed by atoms with Gasteiger partial charge < -0.3 is 14.9 Å². The van der Waals surface area contributed by atoms with Gasteiger partial charge in [-0.15, -0.1) is 0 Å². The molecule has 0 spiro atoms. The van der Waals surface area contributed by atoms with Crippen LogP contribution in [0.4, 0.5) is 0 Å². The van der Waals surface area contributed by atoms with Crippen LogP contribution in [-0.4, -0.2) is 28.6 Å². The summed E-state index contributed by atoms with van der Waals surface area (Å²) >= 11 is 0. The zero-order valence-electron chi connectivity index (χ0n) is 18.8. The first-order chi connectivity index (χ1) is 13.9. The molecule has 29 heavy (non-hydrogen) atoms. The average Bonchev–Trinajstić information content (AvgIpc) is 3.12. The highest BCUT2D eigenvalue weighted by atomic mass is 16.6. The second kappa shape index (κ2) is 15.7. The van der Waals surface area contributed by atoms with Crippen LogP contribution in [0.2, 0.25) is 0 Å². The van der Waals surface area contributed by atoms with Gasteiger partial charge in [0.05, 0.1) is 0 Å². The fourth-order valence-electron chi connectivity index (χ4n) is 4.11. The lowest BCUT2D eigenvalue weighted by molar-refractivity contribution is -0.204. The summed E-state index contributed by atoms with van der Waals surface area (Å²) in [5, 5.41) is 19.5. The minimum Gasteiger partial charge on any atom is -0.460 e. The molecular weight excluding hydrogens is 364 g/mol. The predicted molar refractivity (Wildman–Crippen MR) is 119 cm³/mol. The van der Waals surface area contributed by atoms with Gasteiger partial charge in [0, 0.05) is 13.3 Å². The SMILES string of the molecule is CCCCCCCC/C=C/[C@H]1CCC[C@@H]1C/C=C\CCCC(O)(O)COC(C)=O. The summed E-state index contributed by atoms with van der Waals surface area (Å²) < 4.78 is 4.67. The van der Waals surface area contributed by atoms with Crippen molar-refractivity contribution < 1.29 is 19.7 Å². The first-order valence-corrected chi connectivity index (χ1v) is 11.8. The smallest absolute Gasteiger partial charge is 0.302 e. The van der Waals surface area contributed by atoms with E-state index in [1.54, 1.807) is 0 Å². The van der Waals surface area contributed by atoms with Crippen LogP contribution in [0.5, 0.6) is 0 Å². The fourth-order valence-corrected chi connectivity index (χ4v) is 4.11. The third-order valence-electron chi connectivity index (χ3n) is 5.89. The third-order valence-corrected chi connectivity index (χ3v) is 5.89. The molecule has 1 aliphatic carbocycles. The second-order valence-electron chi connectivity index (χ2n) is 8.70. The van der Waals surface area contributed by atoms with Crippen molar-refractivity contribution in [3.05, 3.63) is 24.3 Å². The van der Waals surface area contributed by atoms with E-state index in [4.69, 9.17) is 0 Å². The maximum absolute atomic E-state index is 10.7. The summed E-state index contributed by atoms with van der Waals surface area (Å²) in [6.07, 6.45) is 25.4. The molecule has 0 amide bonds. The van der Waals surface area contributed by atoms with E-state index in [0.717, 1.165) is 24.7 Å². The van der Waals surface area contributed by atoms with Crippen molar-refractivity contribution in [3.63, 3.8) is 0 Å². The van der Waals surface area contributed by atoms with Gasteiger partial charge in [-0.1, -0.05) is 69.8 Å². The van der Waals surface area contributed by atoms with Gasteiger partial charge in [0.15, 0.2) is 5.79 Å². The van der Waals surface area contributed by atoms with Gasteiger partial charge in [0.25, 0.3) is 0 Å². The molecule has 0 radical (unpaired) electrons. The van der Waals surface area contributed by atoms with Gasteiger partial charge in [-0.25, -0.2) is 0 Å². The number of allylic oxidation sites excluding steroid dienone is 4. The molecule has 0 aromatic heterocycles. The van der Waals surface area contributed by atoms with Crippen LogP contribution in [0.1, 0.15) is 104 Å². The number of unbranched alkanes of at least 4 members (excludes halogenated alkanes) is 7. The number of esters is 1. The Balaban J connectivity index is 2.14. The largest absolute Gasteiger partial charge is 0.460 e. The number of carbonyl (C=O) groups is 1. The van der Waals surface area contributed by atoms with Crippen LogP contribution in [-0.2, 0) is 9.53 Å². The molecule has 4 heteroatoms. The second-order valence-corrected chi connectivity index (χ2v) is 8.70. The Hall–Kier alpha value is -1.13. The van der Waals surface area contributed by atoms with Gasteiger partial charge in [0.1, 0.15) is 6.61 Å². The topological polar surface area (TPSA) is 66.8 Å². The molecule has 0 aromatic carbocycles. The lowest BCUT2D eigenvalue weighted by Gasteiger charge is -2.20. The lowest BCUT2D eigenvalue weighted by atomic mass is 9.92. The molecule has 0 aromatic rings. The molecule has 168 valence electrons. The van der Waals surface area contributed by atoms with Crippen LogP contribution in [0.3, 0.4) is 0 Å². The Bertz CT molecular complexity index is 481. The van der Waals surface area contributed by atoms with Crippen LogP contribution in [0.25, 0.3) is 0 Å². The molecule has 0 heterocycles. The number of ether oxygens (including phenoxy) is 1. The van der Waals surface area contributed by atoms with Crippen molar-refractivity contribution in [2.24, 2.45) is 11.8 Å². The van der Waals surface area contributed by atoms with Crippen molar-refractivity contribution >= 4 is 5.97 Å². The van der Waals surface area contributed by atoms with Crippen molar-refractivity contribution in [1.29, 1.82) is 0 Å². The van der Waals surface area contributed by atoms with Gasteiger partial charge in [0.2, 0.25) is 0 Å². The van der Waals surface area contributed by atoms with Crippen LogP contribution in [0.15, 0.2) is 24.3 Å². The molecule has 4 nitrogen and oxygen atoms in total. The van der Waals surface area contributed by atoms with Gasteiger partial charge in [-0.3, -0.25) is 4.79 Å². The lowest BCUT2D eigenvalue weighted by Crippen LogP contribution is -2.34. The number of hydrogen-bond acceptors (Lipinski definition) is 4. The molecule has 0 unspecified atom stereocenters. The number of rotatable bonds is 16. The van der Waals surface area contributed by atoms with E-state index in [1.165, 1.54) is 71.1 Å². The average molecular weight is 409 g/mol. The molecule has 1 fully saturated rings. The normalized spacial score (nSPS) is 20.1. The minimum absolute atomic E-state index is 0.206. The first-order valence-electron chi connectivity index (χ1n) is 11.8.